The fourth-order valence-electron chi connectivity index (χ4n) is 0.856. The van der Waals surface area contributed by atoms with Gasteiger partial charge in [0.05, 0.1) is 7.11 Å². The minimum absolute atomic E-state index is 0.428. The maximum Gasteiger partial charge on any atom is 0.267 e. The van der Waals surface area contributed by atoms with E-state index >= 15 is 0 Å². The van der Waals surface area contributed by atoms with Crippen molar-refractivity contribution < 1.29 is 9.15 Å². The van der Waals surface area contributed by atoms with E-state index in [1.807, 2.05) is 0 Å². The van der Waals surface area contributed by atoms with E-state index in [0.29, 0.717) is 17.5 Å². The number of rotatable bonds is 2. The first-order chi connectivity index (χ1) is 6.29. The molecule has 0 fully saturated rings. The summed E-state index contributed by atoms with van der Waals surface area (Å²) in [5, 5.41) is 8.27. The predicted molar refractivity (Wildman–Crippen MR) is 46.7 cm³/mol. The van der Waals surface area contributed by atoms with Gasteiger partial charge in [0.2, 0.25) is 5.89 Å². The van der Waals surface area contributed by atoms with Gasteiger partial charge in [-0.2, -0.15) is 4.37 Å². The summed E-state index contributed by atoms with van der Waals surface area (Å²) in [7, 11) is 1.59. The number of ether oxygens (including phenoxy) is 1. The Bertz CT molecular complexity index is 409. The molecule has 0 radical (unpaired) electrons. The molecule has 0 bridgehead atoms. The van der Waals surface area contributed by atoms with Gasteiger partial charge in [-0.1, -0.05) is 0 Å². The molecule has 0 unspecified atom stereocenters. The molecule has 6 heteroatoms. The van der Waals surface area contributed by atoms with E-state index in [1.165, 1.54) is 11.5 Å². The number of methoxy groups -OCH3 is 1. The minimum atomic E-state index is 0.428. The largest absolute Gasteiger partial charge is 0.486 e. The Morgan fingerprint density at radius 2 is 2.31 bits per heavy atom. The number of nitrogens with zero attached hydrogens (tertiary/aromatic N) is 3. The zero-order chi connectivity index (χ0) is 9.26. The van der Waals surface area contributed by atoms with E-state index in [2.05, 4.69) is 14.6 Å². The molecule has 0 spiro atoms. The Morgan fingerprint density at radius 3 is 2.85 bits per heavy atom. The quantitative estimate of drug-likeness (QED) is 0.730. The lowest BCUT2D eigenvalue weighted by atomic mass is 10.4. The van der Waals surface area contributed by atoms with Crippen LogP contribution in [0.3, 0.4) is 0 Å². The third kappa shape index (κ3) is 1.52. The smallest absolute Gasteiger partial charge is 0.267 e. The molecule has 0 aliphatic heterocycles. The van der Waals surface area contributed by atoms with Crippen LogP contribution < -0.4 is 4.74 Å². The fourth-order valence-corrected chi connectivity index (χ4v) is 1.41. The normalized spacial score (nSPS) is 10.3. The summed E-state index contributed by atoms with van der Waals surface area (Å²) in [4.78, 5) is 0. The molecule has 2 aromatic rings. The lowest BCUT2D eigenvalue weighted by Crippen LogP contribution is -1.76. The predicted octanol–water partition coefficient (Wildman–Crippen LogP) is 1.51. The Morgan fingerprint density at radius 1 is 1.46 bits per heavy atom. The Kier molecular flexibility index (Phi) is 1.97. The van der Waals surface area contributed by atoms with E-state index in [1.54, 1.807) is 20.1 Å². The van der Waals surface area contributed by atoms with E-state index in [9.17, 15) is 0 Å². The zero-order valence-electron chi connectivity index (χ0n) is 7.14. The van der Waals surface area contributed by atoms with Gasteiger partial charge in [0.1, 0.15) is 5.69 Å². The van der Waals surface area contributed by atoms with Crippen molar-refractivity contribution in [3.8, 4) is 16.6 Å². The van der Waals surface area contributed by atoms with Crippen LogP contribution in [0.1, 0.15) is 5.89 Å². The van der Waals surface area contributed by atoms with Crippen molar-refractivity contribution in [2.75, 3.05) is 7.11 Å². The van der Waals surface area contributed by atoms with E-state index in [-0.39, 0.29) is 0 Å². The monoisotopic (exact) mass is 197 g/mol. The van der Waals surface area contributed by atoms with Crippen LogP contribution in [-0.4, -0.2) is 21.7 Å². The van der Waals surface area contributed by atoms with Crippen LogP contribution in [0.15, 0.2) is 10.5 Å². The van der Waals surface area contributed by atoms with Crippen LogP contribution in [0.4, 0.5) is 0 Å². The van der Waals surface area contributed by atoms with Gasteiger partial charge in [0, 0.05) is 24.5 Å². The average Bonchev–Trinajstić information content (AvgIpc) is 2.71. The molecule has 2 aromatic heterocycles. The van der Waals surface area contributed by atoms with Crippen molar-refractivity contribution >= 4 is 11.5 Å². The highest BCUT2D eigenvalue weighted by Crippen LogP contribution is 2.25. The third-order valence-corrected chi connectivity index (χ3v) is 2.19. The molecule has 5 nitrogen and oxygen atoms in total. The molecule has 0 amide bonds. The van der Waals surface area contributed by atoms with Gasteiger partial charge >= 0.3 is 0 Å². The van der Waals surface area contributed by atoms with Crippen molar-refractivity contribution in [1.82, 2.24) is 14.6 Å². The molecule has 0 saturated carbocycles. The van der Waals surface area contributed by atoms with Crippen LogP contribution in [0.25, 0.3) is 11.6 Å². The Labute approximate surface area is 78.5 Å². The number of aryl methyl sites for hydroxylation is 1. The lowest BCUT2D eigenvalue weighted by molar-refractivity contribution is 0.427. The second-order valence-electron chi connectivity index (χ2n) is 2.36. The van der Waals surface area contributed by atoms with E-state index in [0.717, 1.165) is 5.06 Å². The molecular weight excluding hydrogens is 190 g/mol. The molecule has 0 aliphatic rings. The Hall–Kier alpha value is -1.43. The summed E-state index contributed by atoms with van der Waals surface area (Å²) in [6.07, 6.45) is 0. The molecule has 2 heterocycles. The molecule has 0 aliphatic carbocycles. The van der Waals surface area contributed by atoms with Gasteiger partial charge < -0.3 is 9.15 Å². The van der Waals surface area contributed by atoms with Gasteiger partial charge in [-0.3, -0.25) is 0 Å². The maximum absolute atomic E-state index is 5.19. The first kappa shape index (κ1) is 8.18. The van der Waals surface area contributed by atoms with Crippen molar-refractivity contribution in [1.29, 1.82) is 0 Å². The molecule has 0 saturated heterocycles. The molecule has 0 atom stereocenters. The van der Waals surface area contributed by atoms with Crippen molar-refractivity contribution in [3.05, 3.63) is 12.0 Å². The maximum atomic E-state index is 5.19. The molecule has 68 valence electrons. The minimum Gasteiger partial charge on any atom is -0.486 e. The van der Waals surface area contributed by atoms with E-state index < -0.39 is 0 Å². The van der Waals surface area contributed by atoms with Gasteiger partial charge in [-0.05, 0) is 0 Å². The SMILES string of the molecule is COc1cc(-c2nnc(C)o2)ns1. The lowest BCUT2D eigenvalue weighted by Gasteiger charge is -1.86. The molecular formula is C7H7N3O2S. The third-order valence-electron chi connectivity index (χ3n) is 1.43. The standard InChI is InChI=1S/C7H7N3O2S/c1-4-8-9-7(12-4)5-3-6(11-2)13-10-5/h3H,1-2H3. The number of aromatic nitrogens is 3. The topological polar surface area (TPSA) is 61.0 Å². The highest BCUT2D eigenvalue weighted by atomic mass is 32.1. The van der Waals surface area contributed by atoms with Gasteiger partial charge in [-0.15, -0.1) is 10.2 Å². The summed E-state index contributed by atoms with van der Waals surface area (Å²) < 4.78 is 14.3. The van der Waals surface area contributed by atoms with Gasteiger partial charge in [0.25, 0.3) is 5.89 Å². The van der Waals surface area contributed by atoms with Crippen LogP contribution in [0, 0.1) is 6.92 Å². The van der Waals surface area contributed by atoms with Gasteiger partial charge in [0.15, 0.2) is 5.06 Å². The van der Waals surface area contributed by atoms with Crippen LogP contribution in [0.5, 0.6) is 5.06 Å². The first-order valence-corrected chi connectivity index (χ1v) is 4.38. The highest BCUT2D eigenvalue weighted by Gasteiger charge is 2.10. The van der Waals surface area contributed by atoms with Crippen LogP contribution >= 0.6 is 11.5 Å². The number of hydrogen-bond donors (Lipinski definition) is 0. The summed E-state index contributed by atoms with van der Waals surface area (Å²) in [5.74, 6) is 0.957. The van der Waals surface area contributed by atoms with Crippen molar-refractivity contribution in [2.45, 2.75) is 6.92 Å². The van der Waals surface area contributed by atoms with Crippen LogP contribution in [-0.2, 0) is 0 Å². The summed E-state index contributed by atoms with van der Waals surface area (Å²) in [6.45, 7) is 1.74. The first-order valence-electron chi connectivity index (χ1n) is 3.61. The second-order valence-corrected chi connectivity index (χ2v) is 3.13. The van der Waals surface area contributed by atoms with Crippen LogP contribution in [0.2, 0.25) is 0 Å². The van der Waals surface area contributed by atoms with Crippen molar-refractivity contribution in [2.24, 2.45) is 0 Å². The van der Waals surface area contributed by atoms with E-state index in [4.69, 9.17) is 9.15 Å². The zero-order valence-corrected chi connectivity index (χ0v) is 7.96. The molecule has 2 rings (SSSR count). The summed E-state index contributed by atoms with van der Waals surface area (Å²) in [6, 6.07) is 1.76. The second kappa shape index (κ2) is 3.14. The molecule has 0 aromatic carbocycles. The molecule has 13 heavy (non-hydrogen) atoms. The van der Waals surface area contributed by atoms with Crippen molar-refractivity contribution in [3.63, 3.8) is 0 Å². The van der Waals surface area contributed by atoms with Gasteiger partial charge in [-0.25, -0.2) is 0 Å². The number of hydrogen-bond acceptors (Lipinski definition) is 6. The summed E-state index contributed by atoms with van der Waals surface area (Å²) >= 11 is 1.25. The highest BCUT2D eigenvalue weighted by molar-refractivity contribution is 7.08. The fraction of sp³-hybridized carbons (Fsp3) is 0.286. The average molecular weight is 197 g/mol. The molecule has 0 N–H and O–H groups in total. The summed E-state index contributed by atoms with van der Waals surface area (Å²) in [5.41, 5.74) is 0.655. The Balaban J connectivity index is 2.35.